The number of aliphatic hydroxyl groups is 3. The Bertz CT molecular complexity index is 1990. The number of nitrogens with zero attached hydrogens (tertiary/aromatic N) is 5. The second kappa shape index (κ2) is 12.6. The van der Waals surface area contributed by atoms with Crippen LogP contribution in [0, 0.1) is 6.92 Å². The van der Waals surface area contributed by atoms with Gasteiger partial charge < -0.3 is 54.0 Å². The van der Waals surface area contributed by atoms with Crippen molar-refractivity contribution >= 4 is 43.5 Å². The third kappa shape index (κ3) is 6.11. The molecular weight excluding hydrogens is 684 g/mol. The minimum atomic E-state index is -5.08. The number of hydrogen-bond acceptors (Lipinski definition) is 16. The van der Waals surface area contributed by atoms with Crippen molar-refractivity contribution < 1.29 is 61.8 Å². The number of phosphoric ester groups is 2. The monoisotopic (exact) mass is 715 g/mol. The molecular formula is C25H31N7O14P2. The quantitative estimate of drug-likeness (QED) is 0.127. The van der Waals surface area contributed by atoms with Crippen LogP contribution in [0.25, 0.3) is 22.1 Å². The van der Waals surface area contributed by atoms with E-state index in [9.17, 15) is 39.0 Å². The molecule has 4 unspecified atom stereocenters. The molecule has 0 amide bonds. The van der Waals surface area contributed by atoms with Crippen molar-refractivity contribution in [1.29, 1.82) is 0 Å². The number of aliphatic hydroxyl groups excluding tert-OH is 3. The van der Waals surface area contributed by atoms with Crippen molar-refractivity contribution in [2.75, 3.05) is 31.7 Å². The molecule has 0 radical (unpaired) electrons. The van der Waals surface area contributed by atoms with Gasteiger partial charge in [0, 0.05) is 18.9 Å². The van der Waals surface area contributed by atoms with Gasteiger partial charge in [-0.25, -0.2) is 24.1 Å². The van der Waals surface area contributed by atoms with Gasteiger partial charge in [0.15, 0.2) is 12.5 Å². The van der Waals surface area contributed by atoms with Gasteiger partial charge in [0.25, 0.3) is 5.56 Å². The number of ether oxygens (including phenoxy) is 2. The van der Waals surface area contributed by atoms with E-state index in [2.05, 4.69) is 25.3 Å². The summed E-state index contributed by atoms with van der Waals surface area (Å²) in [6.07, 6.45) is -8.06. The summed E-state index contributed by atoms with van der Waals surface area (Å²) in [6, 6.07) is 3.04. The number of phosphoric acid groups is 2. The van der Waals surface area contributed by atoms with Crippen LogP contribution >= 0.6 is 15.6 Å². The van der Waals surface area contributed by atoms with Crippen LogP contribution in [0.3, 0.4) is 0 Å². The fourth-order valence-corrected chi connectivity index (χ4v) is 7.86. The fraction of sp³-hybridized carbons (Fsp3) is 0.520. The summed E-state index contributed by atoms with van der Waals surface area (Å²) in [6.45, 7) is 0.0134. The SMILES string of the molecule is Cc1nc2c(ccn2[C@@H]2O[C@@H]3COP(=O)(O)O[C@@H]4C(O)[C@H](n5ccc6c(NCCO)ncnc65)O[C@@H]4COP(=O)(O)OC2[C@H]3O)c(=O)[nH]1. The summed E-state index contributed by atoms with van der Waals surface area (Å²) >= 11 is 0. The smallest absolute Gasteiger partial charge is 0.395 e. The Hall–Kier alpha value is -3.14. The number of fused-ring (bicyclic) bond motifs is 5. The van der Waals surface area contributed by atoms with E-state index < -0.39 is 83.5 Å². The molecule has 48 heavy (non-hydrogen) atoms. The van der Waals surface area contributed by atoms with Crippen LogP contribution < -0.4 is 10.9 Å². The van der Waals surface area contributed by atoms with E-state index >= 15 is 0 Å². The van der Waals surface area contributed by atoms with Crippen LogP contribution in [-0.2, 0) is 36.7 Å². The largest absolute Gasteiger partial charge is 0.472 e. The highest BCUT2D eigenvalue weighted by Gasteiger charge is 2.53. The van der Waals surface area contributed by atoms with Crippen molar-refractivity contribution in [3.8, 4) is 0 Å². The number of anilines is 1. The first-order valence-corrected chi connectivity index (χ1v) is 17.6. The van der Waals surface area contributed by atoms with Gasteiger partial charge in [-0.15, -0.1) is 0 Å². The normalized spacial score (nSPS) is 36.0. The first-order valence-electron chi connectivity index (χ1n) is 14.6. The van der Waals surface area contributed by atoms with Crippen LogP contribution in [-0.4, -0.2) is 117 Å². The van der Waals surface area contributed by atoms with E-state index in [1.165, 1.54) is 33.9 Å². The lowest BCUT2D eigenvalue weighted by Gasteiger charge is -2.26. The Morgan fingerprint density at radius 3 is 2.29 bits per heavy atom. The van der Waals surface area contributed by atoms with Gasteiger partial charge in [-0.1, -0.05) is 0 Å². The Labute approximate surface area is 269 Å². The molecule has 7 heterocycles. The third-order valence-electron chi connectivity index (χ3n) is 8.10. The van der Waals surface area contributed by atoms with Crippen LogP contribution in [0.5, 0.6) is 0 Å². The number of aryl methyl sites for hydroxylation is 1. The molecule has 260 valence electrons. The Morgan fingerprint density at radius 2 is 1.56 bits per heavy atom. The second-order valence-electron chi connectivity index (χ2n) is 11.2. The molecule has 0 spiro atoms. The molecule has 3 aliphatic rings. The zero-order chi connectivity index (χ0) is 34.0. The van der Waals surface area contributed by atoms with Crippen LogP contribution in [0.15, 0.2) is 35.6 Å². The summed E-state index contributed by atoms with van der Waals surface area (Å²) in [4.78, 5) is 49.2. The lowest BCUT2D eigenvalue weighted by atomic mass is 10.1. The summed E-state index contributed by atoms with van der Waals surface area (Å²) in [5, 5.41) is 35.2. The van der Waals surface area contributed by atoms with Gasteiger partial charge in [-0.05, 0) is 19.1 Å². The lowest BCUT2D eigenvalue weighted by molar-refractivity contribution is -0.0670. The first-order chi connectivity index (χ1) is 22.9. The third-order valence-corrected chi connectivity index (χ3v) is 10.1. The van der Waals surface area contributed by atoms with Crippen LogP contribution in [0.1, 0.15) is 18.3 Å². The zero-order valence-electron chi connectivity index (χ0n) is 24.9. The van der Waals surface area contributed by atoms with E-state index in [-0.39, 0.29) is 35.7 Å². The minimum absolute atomic E-state index is 0.107. The molecule has 10 atom stereocenters. The van der Waals surface area contributed by atoms with Gasteiger partial charge in [0.2, 0.25) is 0 Å². The number of nitrogens with one attached hydrogen (secondary N) is 2. The topological polar surface area (TPSA) is 284 Å². The van der Waals surface area contributed by atoms with Gasteiger partial charge in [0.1, 0.15) is 65.9 Å². The van der Waals surface area contributed by atoms with E-state index in [4.69, 9.17) is 27.6 Å². The van der Waals surface area contributed by atoms with Gasteiger partial charge in [0.05, 0.1) is 30.6 Å². The molecule has 3 fully saturated rings. The molecule has 2 bridgehead atoms. The summed E-state index contributed by atoms with van der Waals surface area (Å²) in [7, 11) is -10.1. The highest BCUT2D eigenvalue weighted by atomic mass is 31.2. The average Bonchev–Trinajstić information content (AvgIpc) is 3.79. The molecule has 3 aliphatic heterocycles. The fourth-order valence-electron chi connectivity index (χ4n) is 5.96. The molecule has 3 saturated heterocycles. The minimum Gasteiger partial charge on any atom is -0.395 e. The van der Waals surface area contributed by atoms with Gasteiger partial charge >= 0.3 is 15.6 Å². The van der Waals surface area contributed by atoms with Crippen LogP contribution in [0.4, 0.5) is 5.82 Å². The van der Waals surface area contributed by atoms with E-state index in [0.717, 1.165) is 0 Å². The number of aromatic amines is 1. The molecule has 0 saturated carbocycles. The van der Waals surface area contributed by atoms with E-state index in [1.807, 2.05) is 0 Å². The number of hydrogen-bond donors (Lipinski definition) is 7. The Balaban J connectivity index is 1.19. The standard InChI is InChI=1S/C25H31N7O14P2/c1-11-29-22-13(23(36)30-11)3-6-32(22)25-19-16(34)14(43-25)8-41-47(37,38)45-18-15(9-42-48(39,40)46-19)44-24(17(18)35)31-5-2-12-20(26-4-7-33)27-10-28-21(12)31/h2-3,5-6,10,14-19,24-25,33-35H,4,7-9H2,1H3,(H,37,38)(H,39,40)(H,26,27,28)(H,29,30,36)/t14-,15-,16+,17?,18+,19?,24-,25-/m1/s1. The summed E-state index contributed by atoms with van der Waals surface area (Å²) in [5.74, 6) is 0.641. The van der Waals surface area contributed by atoms with E-state index in [1.54, 1.807) is 13.0 Å². The second-order valence-corrected chi connectivity index (χ2v) is 14.0. The number of H-pyrrole nitrogens is 1. The molecule has 7 rings (SSSR count). The summed E-state index contributed by atoms with van der Waals surface area (Å²) in [5.41, 5.74) is -0.0766. The number of rotatable bonds is 5. The van der Waals surface area contributed by atoms with Crippen molar-refractivity contribution in [2.45, 2.75) is 56.0 Å². The molecule has 23 heteroatoms. The number of aromatic nitrogens is 6. The summed E-state index contributed by atoms with van der Waals surface area (Å²) < 4.78 is 62.2. The molecule has 4 aromatic rings. The molecule has 7 N–H and O–H groups in total. The maximum Gasteiger partial charge on any atom is 0.472 e. The zero-order valence-corrected chi connectivity index (χ0v) is 26.7. The molecule has 4 aromatic heterocycles. The van der Waals surface area contributed by atoms with Crippen molar-refractivity contribution in [2.24, 2.45) is 0 Å². The lowest BCUT2D eigenvalue weighted by Crippen LogP contribution is -2.36. The highest BCUT2D eigenvalue weighted by molar-refractivity contribution is 7.47. The van der Waals surface area contributed by atoms with Gasteiger partial charge in [-0.2, -0.15) is 0 Å². The maximum atomic E-state index is 13.3. The predicted octanol–water partition coefficient (Wildman–Crippen LogP) is -0.583. The molecule has 0 aromatic carbocycles. The molecule has 21 nitrogen and oxygen atoms in total. The predicted molar refractivity (Wildman–Crippen MR) is 159 cm³/mol. The maximum absolute atomic E-state index is 13.3. The molecule has 0 aliphatic carbocycles. The van der Waals surface area contributed by atoms with Crippen LogP contribution in [0.2, 0.25) is 0 Å². The van der Waals surface area contributed by atoms with Crippen molar-refractivity contribution in [1.82, 2.24) is 29.1 Å². The van der Waals surface area contributed by atoms with Gasteiger partial charge in [-0.3, -0.25) is 22.9 Å². The average molecular weight is 716 g/mol. The highest BCUT2D eigenvalue weighted by Crippen LogP contribution is 2.53. The van der Waals surface area contributed by atoms with Crippen molar-refractivity contribution in [3.05, 3.63) is 47.0 Å². The van der Waals surface area contributed by atoms with E-state index in [0.29, 0.717) is 11.2 Å². The Kier molecular flexibility index (Phi) is 8.78. The van der Waals surface area contributed by atoms with Crippen molar-refractivity contribution in [3.63, 3.8) is 0 Å². The first kappa shape index (κ1) is 33.4. The Morgan fingerprint density at radius 1 is 0.917 bits per heavy atom.